The summed E-state index contributed by atoms with van der Waals surface area (Å²) in [6.07, 6.45) is 5.55. The molecule has 0 N–H and O–H groups in total. The highest BCUT2D eigenvalue weighted by molar-refractivity contribution is 5.28. The third kappa shape index (κ3) is 6.28. The minimum atomic E-state index is 0.482. The summed E-state index contributed by atoms with van der Waals surface area (Å²) in [5, 5.41) is 4.86. The minimum absolute atomic E-state index is 0.482. The first-order valence-electron chi connectivity index (χ1n) is 11.1. The van der Waals surface area contributed by atoms with Crippen LogP contribution in [0.3, 0.4) is 0 Å². The van der Waals surface area contributed by atoms with Crippen LogP contribution in [0.4, 0.5) is 0 Å². The molecule has 160 valence electrons. The van der Waals surface area contributed by atoms with E-state index in [2.05, 4.69) is 28.6 Å². The van der Waals surface area contributed by atoms with E-state index in [1.54, 1.807) is 7.11 Å². The van der Waals surface area contributed by atoms with Crippen molar-refractivity contribution in [3.63, 3.8) is 0 Å². The first-order valence-corrected chi connectivity index (χ1v) is 11.1. The smallest absolute Gasteiger partial charge is 0.155 e. The number of ether oxygens (including phenoxy) is 2. The fraction of sp³-hybridized carbons (Fsp3) is 0.652. The van der Waals surface area contributed by atoms with Crippen molar-refractivity contribution < 1.29 is 9.47 Å². The lowest BCUT2D eigenvalue weighted by atomic mass is 10.00. The van der Waals surface area contributed by atoms with Crippen LogP contribution in [0, 0.1) is 0 Å². The molecule has 0 spiro atoms. The molecule has 6 heteroatoms. The quantitative estimate of drug-likeness (QED) is 0.566. The molecule has 2 aromatic rings. The Labute approximate surface area is 175 Å². The summed E-state index contributed by atoms with van der Waals surface area (Å²) in [5.74, 6) is 3.40. The van der Waals surface area contributed by atoms with Crippen LogP contribution in [0.5, 0.6) is 5.75 Å². The molecule has 1 aliphatic rings. The number of hydrogen-bond acceptors (Lipinski definition) is 5. The molecule has 1 aromatic carbocycles. The zero-order valence-corrected chi connectivity index (χ0v) is 18.3. The monoisotopic (exact) mass is 400 g/mol. The predicted molar refractivity (Wildman–Crippen MR) is 116 cm³/mol. The Kier molecular flexibility index (Phi) is 8.50. The van der Waals surface area contributed by atoms with E-state index in [4.69, 9.17) is 19.6 Å². The molecule has 1 aliphatic heterocycles. The van der Waals surface area contributed by atoms with E-state index in [0.29, 0.717) is 12.5 Å². The second kappa shape index (κ2) is 11.3. The van der Waals surface area contributed by atoms with Gasteiger partial charge in [-0.3, -0.25) is 0 Å². The highest BCUT2D eigenvalue weighted by Gasteiger charge is 2.24. The Balaban J connectivity index is 1.74. The van der Waals surface area contributed by atoms with Gasteiger partial charge in [0.25, 0.3) is 0 Å². The van der Waals surface area contributed by atoms with Gasteiger partial charge in [-0.1, -0.05) is 19.1 Å². The normalized spacial score (nSPS) is 18.0. The zero-order chi connectivity index (χ0) is 20.5. The van der Waals surface area contributed by atoms with E-state index in [1.165, 1.54) is 37.9 Å². The summed E-state index contributed by atoms with van der Waals surface area (Å²) in [4.78, 5) is 7.61. The molecule has 29 heavy (non-hydrogen) atoms. The highest BCUT2D eigenvalue weighted by Crippen LogP contribution is 2.27. The maximum atomic E-state index is 5.60. The summed E-state index contributed by atoms with van der Waals surface area (Å²) in [5.41, 5.74) is 1.20. The minimum Gasteiger partial charge on any atom is -0.497 e. The van der Waals surface area contributed by atoms with E-state index in [1.807, 2.05) is 19.1 Å². The summed E-state index contributed by atoms with van der Waals surface area (Å²) in [6.45, 7) is 10.0. The molecular weight excluding hydrogens is 364 g/mol. The lowest BCUT2D eigenvalue weighted by Gasteiger charge is -2.19. The molecule has 1 atom stereocenters. The number of aromatic nitrogens is 3. The molecule has 6 nitrogen and oxygen atoms in total. The fourth-order valence-corrected chi connectivity index (χ4v) is 4.12. The summed E-state index contributed by atoms with van der Waals surface area (Å²) in [7, 11) is 1.69. The van der Waals surface area contributed by atoms with Crippen LogP contribution in [0.25, 0.3) is 0 Å². The van der Waals surface area contributed by atoms with Crippen LogP contribution in [-0.2, 0) is 17.7 Å². The third-order valence-corrected chi connectivity index (χ3v) is 5.64. The molecule has 1 aromatic heterocycles. The predicted octanol–water partition coefficient (Wildman–Crippen LogP) is 3.89. The van der Waals surface area contributed by atoms with Crippen LogP contribution in [0.15, 0.2) is 24.3 Å². The summed E-state index contributed by atoms with van der Waals surface area (Å²) >= 11 is 0. The van der Waals surface area contributed by atoms with Gasteiger partial charge in [-0.15, -0.1) is 0 Å². The standard InChI is InChI=1S/C23H36N4O2/c1-4-13-26-14-6-7-20(12-15-26)23-24-22(25-27(23)16-17-29-5-2)18-19-8-10-21(28-3)11-9-19/h8-11,20H,4-7,12-18H2,1-3H3. The van der Waals surface area contributed by atoms with Gasteiger partial charge in [0.1, 0.15) is 11.6 Å². The van der Waals surface area contributed by atoms with Crippen molar-refractivity contribution in [2.75, 3.05) is 40.0 Å². The van der Waals surface area contributed by atoms with Gasteiger partial charge in [0.05, 0.1) is 20.3 Å². The van der Waals surface area contributed by atoms with Crippen LogP contribution >= 0.6 is 0 Å². The number of hydrogen-bond donors (Lipinski definition) is 0. The maximum absolute atomic E-state index is 5.60. The number of nitrogens with zero attached hydrogens (tertiary/aromatic N) is 4. The van der Waals surface area contributed by atoms with Crippen LogP contribution in [0.2, 0.25) is 0 Å². The van der Waals surface area contributed by atoms with E-state index in [-0.39, 0.29) is 0 Å². The number of rotatable bonds is 10. The van der Waals surface area contributed by atoms with Crippen molar-refractivity contribution in [1.29, 1.82) is 0 Å². The molecule has 1 fully saturated rings. The van der Waals surface area contributed by atoms with Crippen molar-refractivity contribution in [3.05, 3.63) is 41.5 Å². The molecule has 0 saturated carbocycles. The van der Waals surface area contributed by atoms with Gasteiger partial charge in [-0.05, 0) is 69.9 Å². The number of methoxy groups -OCH3 is 1. The molecule has 1 unspecified atom stereocenters. The molecule has 3 rings (SSSR count). The average molecular weight is 401 g/mol. The molecule has 1 saturated heterocycles. The van der Waals surface area contributed by atoms with Gasteiger partial charge in [-0.25, -0.2) is 9.67 Å². The molecule has 0 amide bonds. The lowest BCUT2D eigenvalue weighted by molar-refractivity contribution is 0.135. The van der Waals surface area contributed by atoms with Crippen molar-refractivity contribution >= 4 is 0 Å². The lowest BCUT2D eigenvalue weighted by Crippen LogP contribution is -2.25. The van der Waals surface area contributed by atoms with Gasteiger partial charge < -0.3 is 14.4 Å². The van der Waals surface area contributed by atoms with E-state index in [9.17, 15) is 0 Å². The second-order valence-electron chi connectivity index (χ2n) is 7.80. The Morgan fingerprint density at radius 1 is 1.07 bits per heavy atom. The number of benzene rings is 1. The zero-order valence-electron chi connectivity index (χ0n) is 18.3. The topological polar surface area (TPSA) is 52.4 Å². The van der Waals surface area contributed by atoms with Crippen molar-refractivity contribution in [2.24, 2.45) is 0 Å². The second-order valence-corrected chi connectivity index (χ2v) is 7.80. The SMILES string of the molecule is CCCN1CCCC(c2nc(Cc3ccc(OC)cc3)nn2CCOCC)CC1. The van der Waals surface area contributed by atoms with Crippen molar-refractivity contribution in [1.82, 2.24) is 19.7 Å². The largest absolute Gasteiger partial charge is 0.497 e. The summed E-state index contributed by atoms with van der Waals surface area (Å²) < 4.78 is 13.0. The fourth-order valence-electron chi connectivity index (χ4n) is 4.12. The van der Waals surface area contributed by atoms with E-state index >= 15 is 0 Å². The molecule has 0 aliphatic carbocycles. The highest BCUT2D eigenvalue weighted by atomic mass is 16.5. The molecule has 0 radical (unpaired) electrons. The van der Waals surface area contributed by atoms with E-state index < -0.39 is 0 Å². The Morgan fingerprint density at radius 2 is 1.90 bits per heavy atom. The van der Waals surface area contributed by atoms with Crippen LogP contribution < -0.4 is 4.74 Å². The van der Waals surface area contributed by atoms with Crippen LogP contribution in [-0.4, -0.2) is 59.6 Å². The Hall–Kier alpha value is -1.92. The first-order chi connectivity index (χ1) is 14.2. The number of likely N-dealkylation sites (tertiary alicyclic amines) is 1. The van der Waals surface area contributed by atoms with Gasteiger partial charge in [-0.2, -0.15) is 5.10 Å². The molecular formula is C23H36N4O2. The van der Waals surface area contributed by atoms with Gasteiger partial charge in [0, 0.05) is 18.9 Å². The van der Waals surface area contributed by atoms with Gasteiger partial charge in [0.15, 0.2) is 5.82 Å². The van der Waals surface area contributed by atoms with Crippen LogP contribution in [0.1, 0.15) is 62.7 Å². The van der Waals surface area contributed by atoms with Gasteiger partial charge >= 0.3 is 0 Å². The molecule has 0 bridgehead atoms. The Morgan fingerprint density at radius 3 is 2.62 bits per heavy atom. The Bertz CT molecular complexity index is 729. The summed E-state index contributed by atoms with van der Waals surface area (Å²) in [6, 6.07) is 8.17. The van der Waals surface area contributed by atoms with E-state index in [0.717, 1.165) is 49.9 Å². The van der Waals surface area contributed by atoms with Crippen molar-refractivity contribution in [2.45, 2.75) is 58.4 Å². The van der Waals surface area contributed by atoms with Crippen molar-refractivity contribution in [3.8, 4) is 5.75 Å². The average Bonchev–Trinajstić information content (AvgIpc) is 2.98. The third-order valence-electron chi connectivity index (χ3n) is 5.64. The molecule has 2 heterocycles. The maximum Gasteiger partial charge on any atom is 0.155 e. The first kappa shape index (κ1) is 21.8. The van der Waals surface area contributed by atoms with Gasteiger partial charge in [0.2, 0.25) is 0 Å².